The van der Waals surface area contributed by atoms with Gasteiger partial charge in [0, 0.05) is 37.8 Å². The molecule has 27 heavy (non-hydrogen) atoms. The number of hydrogen-bond donors (Lipinski definition) is 2. The number of rotatable bonds is 5. The molecule has 0 aliphatic carbocycles. The molecule has 0 amide bonds. The summed E-state index contributed by atoms with van der Waals surface area (Å²) in [7, 11) is 1.52. The molecule has 1 aliphatic rings. The normalized spacial score (nSPS) is 16.7. The number of nitrogens with one attached hydrogen (secondary N) is 1. The monoisotopic (exact) mass is 382 g/mol. The first-order chi connectivity index (χ1) is 12.9. The van der Waals surface area contributed by atoms with E-state index in [0.717, 1.165) is 31.7 Å². The Hall–Kier alpha value is -2.45. The number of phenolic OH excluding ortho intramolecular Hbond substituents is 1. The van der Waals surface area contributed by atoms with Crippen LogP contribution in [0, 0.1) is 0 Å². The summed E-state index contributed by atoms with van der Waals surface area (Å²) in [5, 5.41) is 13.8. The number of methoxy groups -OCH3 is 1. The van der Waals surface area contributed by atoms with E-state index in [1.54, 1.807) is 24.3 Å². The topological polar surface area (TPSA) is 54.0 Å². The Kier molecular flexibility index (Phi) is 5.76. The highest BCUT2D eigenvalue weighted by Gasteiger charge is 2.31. The van der Waals surface area contributed by atoms with Gasteiger partial charge in [-0.2, -0.15) is 0 Å². The molecule has 3 rings (SSSR count). The number of piperazine rings is 1. The first kappa shape index (κ1) is 19.3. The van der Waals surface area contributed by atoms with Crippen LogP contribution < -0.4 is 14.8 Å². The van der Waals surface area contributed by atoms with Gasteiger partial charge in [0.05, 0.1) is 13.2 Å². The summed E-state index contributed by atoms with van der Waals surface area (Å²) in [5.74, 6) is 0.335. The summed E-state index contributed by atoms with van der Waals surface area (Å²) >= 11 is 0. The van der Waals surface area contributed by atoms with Gasteiger partial charge in [-0.1, -0.05) is 12.1 Å². The van der Waals surface area contributed by atoms with Gasteiger partial charge in [-0.15, -0.1) is 13.2 Å². The Morgan fingerprint density at radius 2 is 1.67 bits per heavy atom. The standard InChI is InChI=1S/C19H21F3N2O3/c1-26-15-6-7-16(17(25)12-15)18(24-10-8-23-9-11-24)13-2-4-14(5-3-13)27-19(20,21)22/h2-7,12,18,23,25H,8-11H2,1H3/t18-/m0/s1. The van der Waals surface area contributed by atoms with Crippen LogP contribution in [0.5, 0.6) is 17.2 Å². The number of phenols is 1. The number of halogens is 3. The Bertz CT molecular complexity index is 760. The van der Waals surface area contributed by atoms with Crippen molar-refractivity contribution in [2.45, 2.75) is 12.4 Å². The van der Waals surface area contributed by atoms with Gasteiger partial charge >= 0.3 is 6.36 Å². The fraction of sp³-hybridized carbons (Fsp3) is 0.368. The van der Waals surface area contributed by atoms with Gasteiger partial charge < -0.3 is 19.9 Å². The van der Waals surface area contributed by atoms with Crippen molar-refractivity contribution in [1.29, 1.82) is 0 Å². The van der Waals surface area contributed by atoms with E-state index < -0.39 is 6.36 Å². The van der Waals surface area contributed by atoms with Crippen LogP contribution in [0.3, 0.4) is 0 Å². The second-order valence-electron chi connectivity index (χ2n) is 6.23. The van der Waals surface area contributed by atoms with Crippen LogP contribution in [0.1, 0.15) is 17.2 Å². The fourth-order valence-electron chi connectivity index (χ4n) is 3.26. The summed E-state index contributed by atoms with van der Waals surface area (Å²) in [4.78, 5) is 2.18. The molecule has 2 aromatic carbocycles. The molecule has 0 saturated carbocycles. The number of alkyl halides is 3. The molecule has 0 unspecified atom stereocenters. The van der Waals surface area contributed by atoms with Crippen LogP contribution in [0.4, 0.5) is 13.2 Å². The maximum atomic E-state index is 12.4. The van der Waals surface area contributed by atoms with Crippen molar-refractivity contribution in [3.8, 4) is 17.2 Å². The molecule has 0 bridgehead atoms. The molecule has 1 saturated heterocycles. The van der Waals surface area contributed by atoms with E-state index in [9.17, 15) is 18.3 Å². The lowest BCUT2D eigenvalue weighted by Crippen LogP contribution is -2.45. The molecule has 0 spiro atoms. The van der Waals surface area contributed by atoms with E-state index in [4.69, 9.17) is 4.74 Å². The molecule has 8 heteroatoms. The van der Waals surface area contributed by atoms with E-state index in [0.29, 0.717) is 11.3 Å². The summed E-state index contributed by atoms with van der Waals surface area (Å²) in [6.07, 6.45) is -4.73. The van der Waals surface area contributed by atoms with Gasteiger partial charge in [0.2, 0.25) is 0 Å². The van der Waals surface area contributed by atoms with E-state index in [1.807, 2.05) is 0 Å². The predicted molar refractivity (Wildman–Crippen MR) is 94.1 cm³/mol. The summed E-state index contributed by atoms with van der Waals surface area (Å²) in [6.45, 7) is 3.08. The van der Waals surface area contributed by atoms with Crippen molar-refractivity contribution < 1.29 is 27.8 Å². The Balaban J connectivity index is 1.95. The van der Waals surface area contributed by atoms with Crippen molar-refractivity contribution in [2.24, 2.45) is 0 Å². The zero-order valence-electron chi connectivity index (χ0n) is 14.8. The SMILES string of the molecule is COc1ccc([C@H](c2ccc(OC(F)(F)F)cc2)N2CCNCC2)c(O)c1. The van der Waals surface area contributed by atoms with Crippen LogP contribution in [0.25, 0.3) is 0 Å². The lowest BCUT2D eigenvalue weighted by Gasteiger charge is -2.36. The smallest absolute Gasteiger partial charge is 0.507 e. The van der Waals surface area contributed by atoms with Gasteiger partial charge in [0.25, 0.3) is 0 Å². The van der Waals surface area contributed by atoms with Gasteiger partial charge in [0.15, 0.2) is 0 Å². The lowest BCUT2D eigenvalue weighted by molar-refractivity contribution is -0.274. The molecular weight excluding hydrogens is 361 g/mol. The summed E-state index contributed by atoms with van der Waals surface area (Å²) in [5.41, 5.74) is 1.44. The average Bonchev–Trinajstić information content (AvgIpc) is 2.64. The Labute approximate surface area is 155 Å². The third-order valence-electron chi connectivity index (χ3n) is 4.48. The highest BCUT2D eigenvalue weighted by atomic mass is 19.4. The van der Waals surface area contributed by atoms with Crippen LogP contribution >= 0.6 is 0 Å². The van der Waals surface area contributed by atoms with Crippen molar-refractivity contribution in [3.63, 3.8) is 0 Å². The number of ether oxygens (including phenoxy) is 2. The zero-order valence-corrected chi connectivity index (χ0v) is 14.8. The number of benzene rings is 2. The molecule has 0 radical (unpaired) electrons. The van der Waals surface area contributed by atoms with Crippen molar-refractivity contribution in [3.05, 3.63) is 53.6 Å². The minimum absolute atomic E-state index is 0.0773. The molecule has 2 aromatic rings. The Morgan fingerprint density at radius 1 is 1.04 bits per heavy atom. The van der Waals surface area contributed by atoms with E-state index in [2.05, 4.69) is 15.0 Å². The average molecular weight is 382 g/mol. The zero-order chi connectivity index (χ0) is 19.4. The number of aromatic hydroxyl groups is 1. The van der Waals surface area contributed by atoms with Crippen molar-refractivity contribution in [1.82, 2.24) is 10.2 Å². The first-order valence-corrected chi connectivity index (χ1v) is 8.55. The maximum absolute atomic E-state index is 12.4. The minimum Gasteiger partial charge on any atom is -0.507 e. The number of nitrogens with zero attached hydrogens (tertiary/aromatic N) is 1. The molecule has 1 aliphatic heterocycles. The lowest BCUT2D eigenvalue weighted by atomic mass is 9.95. The highest BCUT2D eigenvalue weighted by molar-refractivity contribution is 5.46. The largest absolute Gasteiger partial charge is 0.573 e. The van der Waals surface area contributed by atoms with Crippen LogP contribution in [0.2, 0.25) is 0 Å². The first-order valence-electron chi connectivity index (χ1n) is 8.55. The highest BCUT2D eigenvalue weighted by Crippen LogP contribution is 2.37. The molecule has 2 N–H and O–H groups in total. The van der Waals surface area contributed by atoms with E-state index in [1.165, 1.54) is 25.3 Å². The molecule has 5 nitrogen and oxygen atoms in total. The Morgan fingerprint density at radius 3 is 2.22 bits per heavy atom. The quantitative estimate of drug-likeness (QED) is 0.831. The van der Waals surface area contributed by atoms with Crippen molar-refractivity contribution in [2.75, 3.05) is 33.3 Å². The molecule has 0 aromatic heterocycles. The van der Waals surface area contributed by atoms with E-state index >= 15 is 0 Å². The predicted octanol–water partition coefficient (Wildman–Crippen LogP) is 3.29. The van der Waals surface area contributed by atoms with E-state index in [-0.39, 0.29) is 17.5 Å². The minimum atomic E-state index is -4.73. The second-order valence-corrected chi connectivity index (χ2v) is 6.23. The molecular formula is C19H21F3N2O3. The number of hydrogen-bond acceptors (Lipinski definition) is 5. The third kappa shape index (κ3) is 4.84. The molecule has 1 fully saturated rings. The van der Waals surface area contributed by atoms with Gasteiger partial charge in [-0.3, -0.25) is 4.90 Å². The van der Waals surface area contributed by atoms with Gasteiger partial charge in [-0.25, -0.2) is 0 Å². The van der Waals surface area contributed by atoms with Crippen LogP contribution in [-0.4, -0.2) is 49.7 Å². The fourth-order valence-corrected chi connectivity index (χ4v) is 3.26. The summed E-state index contributed by atoms with van der Waals surface area (Å²) < 4.78 is 46.3. The maximum Gasteiger partial charge on any atom is 0.573 e. The van der Waals surface area contributed by atoms with Gasteiger partial charge in [0.1, 0.15) is 17.2 Å². The van der Waals surface area contributed by atoms with Gasteiger partial charge in [-0.05, 0) is 29.8 Å². The third-order valence-corrected chi connectivity index (χ3v) is 4.48. The van der Waals surface area contributed by atoms with Crippen LogP contribution in [0.15, 0.2) is 42.5 Å². The second kappa shape index (κ2) is 8.06. The molecule has 1 heterocycles. The summed E-state index contributed by atoms with van der Waals surface area (Å²) in [6, 6.07) is 10.5. The molecule has 1 atom stereocenters. The van der Waals surface area contributed by atoms with Crippen LogP contribution in [-0.2, 0) is 0 Å². The molecule has 146 valence electrons. The van der Waals surface area contributed by atoms with Crippen molar-refractivity contribution >= 4 is 0 Å².